The summed E-state index contributed by atoms with van der Waals surface area (Å²) in [6.07, 6.45) is 14.3. The summed E-state index contributed by atoms with van der Waals surface area (Å²) in [6, 6.07) is 2.30. The van der Waals surface area contributed by atoms with Gasteiger partial charge in [0.15, 0.2) is 0 Å². The summed E-state index contributed by atoms with van der Waals surface area (Å²) in [5, 5.41) is 0.196. The maximum atomic E-state index is 6.79. The van der Waals surface area contributed by atoms with Crippen LogP contribution in [0.1, 0.15) is 136 Å². The van der Waals surface area contributed by atoms with E-state index < -0.39 is 8.32 Å². The number of aryl methyl sites for hydroxylation is 1. The molecule has 1 heterocycles. The van der Waals surface area contributed by atoms with Crippen LogP contribution in [-0.2, 0) is 6.42 Å². The van der Waals surface area contributed by atoms with Crippen LogP contribution in [0.4, 0.5) is 0 Å². The van der Waals surface area contributed by atoms with Crippen molar-refractivity contribution < 1.29 is 9.16 Å². The van der Waals surface area contributed by atoms with Gasteiger partial charge in [-0.3, -0.25) is 0 Å². The fourth-order valence-electron chi connectivity index (χ4n) is 5.46. The van der Waals surface area contributed by atoms with Crippen molar-refractivity contribution in [2.75, 3.05) is 0 Å². The predicted molar refractivity (Wildman–Crippen MR) is 166 cm³/mol. The molecule has 0 bridgehead atoms. The van der Waals surface area contributed by atoms with Gasteiger partial charge in [0.1, 0.15) is 17.1 Å². The molecule has 1 aliphatic heterocycles. The molecular weight excluding hydrogens is 468 g/mol. The number of benzene rings is 1. The quantitative estimate of drug-likeness (QED) is 0.223. The molecule has 1 aromatic carbocycles. The van der Waals surface area contributed by atoms with Gasteiger partial charge in [-0.25, -0.2) is 0 Å². The molecule has 0 radical (unpaired) electrons. The van der Waals surface area contributed by atoms with Gasteiger partial charge in [-0.1, -0.05) is 93.4 Å². The molecule has 0 N–H and O–H groups in total. The Morgan fingerprint density at radius 2 is 1.43 bits per heavy atom. The van der Waals surface area contributed by atoms with Gasteiger partial charge in [-0.05, 0) is 105 Å². The van der Waals surface area contributed by atoms with Crippen molar-refractivity contribution in [3.8, 4) is 11.5 Å². The molecule has 0 fully saturated rings. The topological polar surface area (TPSA) is 18.5 Å². The van der Waals surface area contributed by atoms with Gasteiger partial charge in [0, 0.05) is 0 Å². The molecule has 2 rings (SSSR count). The highest BCUT2D eigenvalue weighted by Crippen LogP contribution is 2.45. The molecule has 3 unspecified atom stereocenters. The van der Waals surface area contributed by atoms with Crippen molar-refractivity contribution in [3.63, 3.8) is 0 Å². The Balaban J connectivity index is 1.86. The molecule has 37 heavy (non-hydrogen) atoms. The van der Waals surface area contributed by atoms with Crippen LogP contribution in [0.5, 0.6) is 11.5 Å². The van der Waals surface area contributed by atoms with Gasteiger partial charge in [-0.15, -0.1) is 0 Å². The Hall–Kier alpha value is -0.963. The lowest BCUT2D eigenvalue weighted by atomic mass is 9.85. The first-order valence-electron chi connectivity index (χ1n) is 15.6. The average Bonchev–Trinajstić information content (AvgIpc) is 2.77. The molecule has 3 atom stereocenters. The van der Waals surface area contributed by atoms with E-state index in [1.807, 2.05) is 0 Å². The van der Waals surface area contributed by atoms with Gasteiger partial charge in [0.2, 0.25) is 8.32 Å². The van der Waals surface area contributed by atoms with Crippen molar-refractivity contribution in [3.05, 3.63) is 22.8 Å². The van der Waals surface area contributed by atoms with E-state index in [2.05, 4.69) is 88.4 Å². The van der Waals surface area contributed by atoms with Crippen LogP contribution in [-0.4, -0.2) is 13.9 Å². The van der Waals surface area contributed by atoms with Crippen LogP contribution in [0, 0.1) is 31.6 Å². The maximum Gasteiger partial charge on any atom is 0.250 e. The van der Waals surface area contributed by atoms with Crippen molar-refractivity contribution in [2.45, 2.75) is 164 Å². The Kier molecular flexibility index (Phi) is 11.7. The second-order valence-electron chi connectivity index (χ2n) is 14.9. The number of hydrogen-bond donors (Lipinski definition) is 0. The molecule has 214 valence electrons. The van der Waals surface area contributed by atoms with E-state index in [-0.39, 0.29) is 10.6 Å². The van der Waals surface area contributed by atoms with E-state index >= 15 is 0 Å². The van der Waals surface area contributed by atoms with E-state index in [0.717, 1.165) is 48.5 Å². The molecule has 0 aliphatic carbocycles. The smallest absolute Gasteiger partial charge is 0.250 e. The molecule has 0 spiro atoms. The normalized spacial score (nSPS) is 19.9. The number of hydrogen-bond acceptors (Lipinski definition) is 2. The summed E-state index contributed by atoms with van der Waals surface area (Å²) in [5.74, 6) is 4.77. The Bertz CT molecular complexity index is 850. The first-order chi connectivity index (χ1) is 17.0. The van der Waals surface area contributed by atoms with Crippen LogP contribution in [0.25, 0.3) is 0 Å². The molecular formula is C34H62O2Si. The second kappa shape index (κ2) is 13.4. The SMILES string of the molecule is Cc1c(O[Si](C)(C)C(C)(C)C)cc2c(c1C)OC(C)(CCCC(C)CCCC(C)CCCC(C)C)CC2. The molecule has 2 nitrogen and oxygen atoms in total. The molecule has 0 saturated heterocycles. The minimum Gasteiger partial charge on any atom is -0.543 e. The summed E-state index contributed by atoms with van der Waals surface area (Å²) in [6.45, 7) is 28.0. The van der Waals surface area contributed by atoms with Gasteiger partial charge in [0.25, 0.3) is 0 Å². The Morgan fingerprint density at radius 1 is 0.892 bits per heavy atom. The molecule has 0 aromatic heterocycles. The second-order valence-corrected chi connectivity index (χ2v) is 19.6. The predicted octanol–water partition coefficient (Wildman–Crippen LogP) is 11.2. The lowest BCUT2D eigenvalue weighted by Crippen LogP contribution is -2.44. The van der Waals surface area contributed by atoms with Gasteiger partial charge in [0.05, 0.1) is 0 Å². The third-order valence-electron chi connectivity index (χ3n) is 9.59. The van der Waals surface area contributed by atoms with Crippen LogP contribution in [0.15, 0.2) is 6.07 Å². The standard InChI is InChI=1S/C34H62O2Si/c1-25(2)16-13-17-26(3)18-14-19-27(4)20-15-22-34(10)23-21-30-24-31(28(5)29(6)32(30)35-34)36-37(11,12)33(7,8)9/h24-27H,13-23H2,1-12H3. The summed E-state index contributed by atoms with van der Waals surface area (Å²) < 4.78 is 13.5. The highest BCUT2D eigenvalue weighted by atomic mass is 28.4. The average molecular weight is 531 g/mol. The number of ether oxygens (including phenoxy) is 1. The van der Waals surface area contributed by atoms with Crippen LogP contribution in [0.3, 0.4) is 0 Å². The molecule has 3 heteroatoms. The van der Waals surface area contributed by atoms with E-state index in [4.69, 9.17) is 9.16 Å². The molecule has 1 aromatic rings. The van der Waals surface area contributed by atoms with Gasteiger partial charge in [-0.2, -0.15) is 0 Å². The van der Waals surface area contributed by atoms with Crippen LogP contribution < -0.4 is 9.16 Å². The van der Waals surface area contributed by atoms with Crippen LogP contribution in [0.2, 0.25) is 18.1 Å². The van der Waals surface area contributed by atoms with Gasteiger partial charge >= 0.3 is 0 Å². The Morgan fingerprint density at radius 3 is 1.97 bits per heavy atom. The van der Waals surface area contributed by atoms with E-state index in [9.17, 15) is 0 Å². The number of fused-ring (bicyclic) bond motifs is 1. The monoisotopic (exact) mass is 530 g/mol. The van der Waals surface area contributed by atoms with E-state index in [0.29, 0.717) is 0 Å². The third-order valence-corrected chi connectivity index (χ3v) is 13.9. The number of rotatable bonds is 14. The first-order valence-corrected chi connectivity index (χ1v) is 18.5. The lowest BCUT2D eigenvalue weighted by Gasteiger charge is -2.40. The van der Waals surface area contributed by atoms with Crippen LogP contribution >= 0.6 is 0 Å². The molecule has 0 saturated carbocycles. The Labute approximate surface area is 232 Å². The first kappa shape index (κ1) is 32.2. The highest BCUT2D eigenvalue weighted by Gasteiger charge is 2.40. The largest absolute Gasteiger partial charge is 0.543 e. The lowest BCUT2D eigenvalue weighted by molar-refractivity contribution is 0.0514. The summed E-state index contributed by atoms with van der Waals surface area (Å²) >= 11 is 0. The fraction of sp³-hybridized carbons (Fsp3) is 0.824. The molecule has 1 aliphatic rings. The summed E-state index contributed by atoms with van der Waals surface area (Å²) in [5.41, 5.74) is 3.81. The zero-order chi connectivity index (χ0) is 28.0. The summed E-state index contributed by atoms with van der Waals surface area (Å²) in [4.78, 5) is 0. The van der Waals surface area contributed by atoms with Crippen molar-refractivity contribution in [2.24, 2.45) is 17.8 Å². The van der Waals surface area contributed by atoms with Crippen molar-refractivity contribution in [1.29, 1.82) is 0 Å². The third kappa shape index (κ3) is 9.62. The summed E-state index contributed by atoms with van der Waals surface area (Å²) in [7, 11) is -1.87. The zero-order valence-corrected chi connectivity index (χ0v) is 27.9. The minimum atomic E-state index is -1.87. The highest BCUT2D eigenvalue weighted by molar-refractivity contribution is 6.74. The fourth-order valence-corrected chi connectivity index (χ4v) is 6.53. The van der Waals surface area contributed by atoms with Crippen molar-refractivity contribution in [1.82, 2.24) is 0 Å². The van der Waals surface area contributed by atoms with Crippen molar-refractivity contribution >= 4 is 8.32 Å². The van der Waals surface area contributed by atoms with E-state index in [1.165, 1.54) is 68.1 Å². The molecule has 0 amide bonds. The minimum absolute atomic E-state index is 0.0450. The van der Waals surface area contributed by atoms with Gasteiger partial charge < -0.3 is 9.16 Å². The zero-order valence-electron chi connectivity index (χ0n) is 26.9. The maximum absolute atomic E-state index is 6.79. The van der Waals surface area contributed by atoms with E-state index in [1.54, 1.807) is 0 Å².